The van der Waals surface area contributed by atoms with E-state index < -0.39 is 17.7 Å². The maximum Gasteiger partial charge on any atom is 0.295 e. The summed E-state index contributed by atoms with van der Waals surface area (Å²) in [7, 11) is 0. The summed E-state index contributed by atoms with van der Waals surface area (Å²) in [6, 6.07) is 10.9. The predicted octanol–water partition coefficient (Wildman–Crippen LogP) is 3.58. The molecule has 146 valence electrons. The molecule has 1 saturated heterocycles. The van der Waals surface area contributed by atoms with Crippen LogP contribution < -0.4 is 0 Å². The van der Waals surface area contributed by atoms with Crippen LogP contribution in [0, 0.1) is 0 Å². The van der Waals surface area contributed by atoms with Crippen molar-refractivity contribution in [2.45, 2.75) is 26.0 Å². The molecule has 1 atom stereocenters. The monoisotopic (exact) mass is 400 g/mol. The number of benzene rings is 1. The molecule has 1 amide bonds. The van der Waals surface area contributed by atoms with Gasteiger partial charge in [-0.2, -0.15) is 0 Å². The number of Topliss-reactive ketones (excluding diaryl/α,β-unsaturated/α-hetero) is 1. The van der Waals surface area contributed by atoms with Crippen molar-refractivity contribution in [2.75, 3.05) is 13.2 Å². The molecule has 1 aliphatic heterocycles. The molecule has 7 heteroatoms. The standard InChI is InChI=1S/C21H21ClN2O4/c1-13(2)28-11-10-24-18(16-8-3-4-9-23-16)17(20(26)21(24)27)19(25)14-6-5-7-15(22)12-14/h3-9,12-13,18,25H,10-11H2,1-2H3/b19-17-. The number of amides is 1. The molecule has 28 heavy (non-hydrogen) atoms. The smallest absolute Gasteiger partial charge is 0.295 e. The van der Waals surface area contributed by atoms with Crippen molar-refractivity contribution < 1.29 is 19.4 Å². The Hall–Kier alpha value is -2.70. The summed E-state index contributed by atoms with van der Waals surface area (Å²) in [5, 5.41) is 11.3. The first kappa shape index (κ1) is 20.0. The third kappa shape index (κ3) is 4.08. The molecule has 0 saturated carbocycles. The van der Waals surface area contributed by atoms with Gasteiger partial charge in [-0.3, -0.25) is 14.6 Å². The van der Waals surface area contributed by atoms with Crippen molar-refractivity contribution in [1.82, 2.24) is 9.88 Å². The first-order chi connectivity index (χ1) is 13.4. The van der Waals surface area contributed by atoms with Gasteiger partial charge < -0.3 is 14.7 Å². The van der Waals surface area contributed by atoms with Crippen LogP contribution in [0.1, 0.15) is 31.1 Å². The number of carbonyl (C=O) groups excluding carboxylic acids is 2. The van der Waals surface area contributed by atoms with Crippen LogP contribution in [0.3, 0.4) is 0 Å². The highest BCUT2D eigenvalue weighted by atomic mass is 35.5. The normalized spacial score (nSPS) is 18.9. The minimum absolute atomic E-state index is 0.00316. The number of aromatic nitrogens is 1. The molecule has 0 bridgehead atoms. The maximum atomic E-state index is 12.8. The van der Waals surface area contributed by atoms with Crippen LogP contribution in [0.25, 0.3) is 5.76 Å². The number of hydrogen-bond donors (Lipinski definition) is 1. The fraction of sp³-hybridized carbons (Fsp3) is 0.286. The Morgan fingerprint density at radius 3 is 2.68 bits per heavy atom. The van der Waals surface area contributed by atoms with E-state index in [0.29, 0.717) is 16.3 Å². The van der Waals surface area contributed by atoms with E-state index in [1.54, 1.807) is 48.7 Å². The lowest BCUT2D eigenvalue weighted by molar-refractivity contribution is -0.140. The molecule has 3 rings (SSSR count). The number of carbonyl (C=O) groups is 2. The van der Waals surface area contributed by atoms with Gasteiger partial charge in [0.25, 0.3) is 11.7 Å². The number of aliphatic hydroxyl groups is 1. The predicted molar refractivity (Wildman–Crippen MR) is 106 cm³/mol. The molecular weight excluding hydrogens is 380 g/mol. The van der Waals surface area contributed by atoms with E-state index in [1.807, 2.05) is 13.8 Å². The van der Waals surface area contributed by atoms with Crippen LogP contribution in [0.2, 0.25) is 5.02 Å². The fourth-order valence-electron chi connectivity index (χ4n) is 3.13. The summed E-state index contributed by atoms with van der Waals surface area (Å²) in [6.07, 6.45) is 1.58. The van der Waals surface area contributed by atoms with E-state index in [4.69, 9.17) is 16.3 Å². The SMILES string of the molecule is CC(C)OCCN1C(=O)C(=O)/C(=C(\O)c2cccc(Cl)c2)C1c1ccccn1. The summed E-state index contributed by atoms with van der Waals surface area (Å²) in [5.74, 6) is -1.71. The van der Waals surface area contributed by atoms with Crippen molar-refractivity contribution in [1.29, 1.82) is 0 Å². The van der Waals surface area contributed by atoms with Gasteiger partial charge in [0.2, 0.25) is 0 Å². The minimum atomic E-state index is -0.795. The summed E-state index contributed by atoms with van der Waals surface area (Å²) in [4.78, 5) is 31.2. The lowest BCUT2D eigenvalue weighted by Crippen LogP contribution is -2.33. The highest BCUT2D eigenvalue weighted by molar-refractivity contribution is 6.46. The van der Waals surface area contributed by atoms with Gasteiger partial charge >= 0.3 is 0 Å². The molecule has 1 unspecified atom stereocenters. The zero-order valence-electron chi connectivity index (χ0n) is 15.6. The second-order valence-electron chi connectivity index (χ2n) is 6.68. The Morgan fingerprint density at radius 2 is 2.04 bits per heavy atom. The molecule has 0 spiro atoms. The Balaban J connectivity index is 2.07. The topological polar surface area (TPSA) is 79.7 Å². The zero-order valence-corrected chi connectivity index (χ0v) is 16.4. The third-order valence-electron chi connectivity index (χ3n) is 4.39. The van der Waals surface area contributed by atoms with Gasteiger partial charge in [0.15, 0.2) is 0 Å². The Labute approximate surface area is 168 Å². The molecule has 2 heterocycles. The quantitative estimate of drug-likeness (QED) is 0.455. The van der Waals surface area contributed by atoms with Crippen LogP contribution in [0.4, 0.5) is 0 Å². The fourth-order valence-corrected chi connectivity index (χ4v) is 3.32. The van der Waals surface area contributed by atoms with Gasteiger partial charge in [0.1, 0.15) is 11.8 Å². The lowest BCUT2D eigenvalue weighted by Gasteiger charge is -2.24. The number of aliphatic hydroxyl groups excluding tert-OH is 1. The number of rotatable bonds is 6. The molecular formula is C21H21ClN2O4. The van der Waals surface area contributed by atoms with Gasteiger partial charge in [-0.25, -0.2) is 0 Å². The highest BCUT2D eigenvalue weighted by Crippen LogP contribution is 2.38. The number of hydrogen-bond acceptors (Lipinski definition) is 5. The van der Waals surface area contributed by atoms with Gasteiger partial charge in [-0.05, 0) is 38.1 Å². The van der Waals surface area contributed by atoms with E-state index in [-0.39, 0.29) is 30.6 Å². The van der Waals surface area contributed by atoms with Crippen LogP contribution in [0.15, 0.2) is 54.2 Å². The number of ether oxygens (including phenoxy) is 1. The van der Waals surface area contributed by atoms with Crippen molar-refractivity contribution in [2.24, 2.45) is 0 Å². The van der Waals surface area contributed by atoms with Crippen molar-refractivity contribution in [3.8, 4) is 0 Å². The molecule has 6 nitrogen and oxygen atoms in total. The second-order valence-corrected chi connectivity index (χ2v) is 7.11. The second kappa shape index (κ2) is 8.54. The maximum absolute atomic E-state index is 12.8. The van der Waals surface area contributed by atoms with E-state index in [1.165, 1.54) is 4.90 Å². The van der Waals surface area contributed by atoms with Gasteiger partial charge in [-0.15, -0.1) is 0 Å². The van der Waals surface area contributed by atoms with Crippen molar-refractivity contribution in [3.05, 3.63) is 70.5 Å². The molecule has 1 fully saturated rings. The molecule has 1 N–H and O–H groups in total. The van der Waals surface area contributed by atoms with E-state index >= 15 is 0 Å². The molecule has 1 aromatic carbocycles. The lowest BCUT2D eigenvalue weighted by atomic mass is 9.98. The van der Waals surface area contributed by atoms with E-state index in [2.05, 4.69) is 4.98 Å². The number of nitrogens with zero attached hydrogens (tertiary/aromatic N) is 2. The average Bonchev–Trinajstić information content (AvgIpc) is 2.93. The van der Waals surface area contributed by atoms with Crippen molar-refractivity contribution in [3.63, 3.8) is 0 Å². The van der Waals surface area contributed by atoms with Gasteiger partial charge in [0, 0.05) is 23.3 Å². The van der Waals surface area contributed by atoms with Crippen LogP contribution >= 0.6 is 11.6 Å². The largest absolute Gasteiger partial charge is 0.507 e. The number of pyridine rings is 1. The average molecular weight is 401 g/mol. The first-order valence-electron chi connectivity index (χ1n) is 8.97. The summed E-state index contributed by atoms with van der Waals surface area (Å²) >= 11 is 6.02. The molecule has 1 aromatic heterocycles. The van der Waals surface area contributed by atoms with E-state index in [0.717, 1.165) is 0 Å². The van der Waals surface area contributed by atoms with E-state index in [9.17, 15) is 14.7 Å². The molecule has 2 aromatic rings. The van der Waals surface area contributed by atoms with Crippen LogP contribution in [0.5, 0.6) is 0 Å². The van der Waals surface area contributed by atoms with Gasteiger partial charge in [0.05, 0.1) is 24.0 Å². The Morgan fingerprint density at radius 1 is 1.25 bits per heavy atom. The molecule has 1 aliphatic rings. The molecule has 0 aliphatic carbocycles. The summed E-state index contributed by atoms with van der Waals surface area (Å²) < 4.78 is 5.55. The number of halogens is 1. The van der Waals surface area contributed by atoms with Crippen molar-refractivity contribution >= 4 is 29.1 Å². The number of likely N-dealkylation sites (tertiary alicyclic amines) is 1. The zero-order chi connectivity index (χ0) is 20.3. The summed E-state index contributed by atoms with van der Waals surface area (Å²) in [6.45, 7) is 4.26. The third-order valence-corrected chi connectivity index (χ3v) is 4.62. The van der Waals surface area contributed by atoms with Gasteiger partial charge in [-0.1, -0.05) is 29.8 Å². The first-order valence-corrected chi connectivity index (χ1v) is 9.35. The highest BCUT2D eigenvalue weighted by Gasteiger charge is 2.46. The summed E-state index contributed by atoms with van der Waals surface area (Å²) in [5.41, 5.74) is 0.857. The van der Waals surface area contributed by atoms with Crippen LogP contribution in [-0.4, -0.2) is 45.9 Å². The Kier molecular flexibility index (Phi) is 6.11. The Bertz CT molecular complexity index is 912. The number of ketones is 1. The minimum Gasteiger partial charge on any atom is -0.507 e. The van der Waals surface area contributed by atoms with Crippen LogP contribution in [-0.2, 0) is 14.3 Å². The molecule has 0 radical (unpaired) electrons.